The van der Waals surface area contributed by atoms with E-state index in [0.717, 1.165) is 41.0 Å². The van der Waals surface area contributed by atoms with Crippen LogP contribution in [0.4, 0.5) is 11.6 Å². The van der Waals surface area contributed by atoms with Crippen molar-refractivity contribution in [3.05, 3.63) is 41.0 Å². The molecule has 0 N–H and O–H groups in total. The summed E-state index contributed by atoms with van der Waals surface area (Å²) in [6.07, 6.45) is -0.0678. The Labute approximate surface area is 143 Å². The van der Waals surface area contributed by atoms with Gasteiger partial charge in [0.05, 0.1) is 18.8 Å². The maximum absolute atomic E-state index is 5.99. The second kappa shape index (κ2) is 6.73. The molecule has 3 rings (SSSR count). The molecule has 1 saturated heterocycles. The summed E-state index contributed by atoms with van der Waals surface area (Å²) in [5.74, 6) is 0.779. The smallest absolute Gasteiger partial charge is 0.225 e. The quantitative estimate of drug-likeness (QED) is 0.863. The number of rotatable bonds is 3. The first-order valence-corrected chi connectivity index (χ1v) is 8.27. The lowest BCUT2D eigenvalue weighted by atomic mass is 10.1. The number of ether oxygens (including phenoxy) is 1. The fraction of sp³-hybridized carbons (Fsp3) is 0.500. The molecule has 0 aliphatic carbocycles. The zero-order chi connectivity index (χ0) is 17.3. The van der Waals surface area contributed by atoms with Gasteiger partial charge in [0.25, 0.3) is 0 Å². The Hall–Kier alpha value is -2.21. The van der Waals surface area contributed by atoms with E-state index in [9.17, 15) is 0 Å². The highest BCUT2D eigenvalue weighted by Crippen LogP contribution is 2.26. The van der Waals surface area contributed by atoms with Crippen LogP contribution in [0, 0.1) is 20.8 Å². The minimum absolute atomic E-state index is 0.0678. The van der Waals surface area contributed by atoms with Gasteiger partial charge in [-0.3, -0.25) is 4.98 Å². The summed E-state index contributed by atoms with van der Waals surface area (Å²) in [6, 6.07) is 6.17. The third kappa shape index (κ3) is 3.64. The van der Waals surface area contributed by atoms with Crippen LogP contribution in [0.15, 0.2) is 18.2 Å². The second-order valence-electron chi connectivity index (χ2n) is 6.54. The fourth-order valence-electron chi connectivity index (χ4n) is 2.96. The van der Waals surface area contributed by atoms with E-state index in [0.29, 0.717) is 13.2 Å². The molecule has 0 aromatic carbocycles. The van der Waals surface area contributed by atoms with E-state index in [1.165, 1.54) is 0 Å². The van der Waals surface area contributed by atoms with E-state index in [1.54, 1.807) is 0 Å². The second-order valence-corrected chi connectivity index (χ2v) is 6.54. The van der Waals surface area contributed by atoms with Crippen molar-refractivity contribution in [3.8, 4) is 0 Å². The Morgan fingerprint density at radius 2 is 1.67 bits per heavy atom. The van der Waals surface area contributed by atoms with Crippen LogP contribution in [0.5, 0.6) is 0 Å². The Morgan fingerprint density at radius 3 is 2.33 bits per heavy atom. The van der Waals surface area contributed by atoms with Crippen molar-refractivity contribution in [3.63, 3.8) is 0 Å². The van der Waals surface area contributed by atoms with Gasteiger partial charge in [-0.2, -0.15) is 0 Å². The third-order valence-electron chi connectivity index (χ3n) is 4.12. The van der Waals surface area contributed by atoms with Gasteiger partial charge in [0.2, 0.25) is 5.95 Å². The molecule has 24 heavy (non-hydrogen) atoms. The number of nitrogens with zero attached hydrogens (tertiary/aromatic N) is 5. The van der Waals surface area contributed by atoms with Gasteiger partial charge in [-0.15, -0.1) is 0 Å². The van der Waals surface area contributed by atoms with Crippen molar-refractivity contribution in [1.82, 2.24) is 15.0 Å². The zero-order valence-corrected chi connectivity index (χ0v) is 15.1. The molecule has 3 heterocycles. The Balaban J connectivity index is 1.85. The standard InChI is InChI=1S/C18H25N5O/c1-12-8-13(2)21-18(20-12)23-6-7-24-17(11-23)16-10-15(22(4)5)9-14(3)19-16/h8-10,17H,6-7,11H2,1-5H3. The molecule has 0 radical (unpaired) electrons. The molecule has 1 aliphatic heterocycles. The lowest BCUT2D eigenvalue weighted by Crippen LogP contribution is -2.39. The maximum atomic E-state index is 5.99. The van der Waals surface area contributed by atoms with Crippen LogP contribution in [-0.4, -0.2) is 48.7 Å². The van der Waals surface area contributed by atoms with Gasteiger partial charge in [-0.25, -0.2) is 9.97 Å². The van der Waals surface area contributed by atoms with Crippen molar-refractivity contribution in [1.29, 1.82) is 0 Å². The highest BCUT2D eigenvalue weighted by Gasteiger charge is 2.25. The van der Waals surface area contributed by atoms with Gasteiger partial charge < -0.3 is 14.5 Å². The van der Waals surface area contributed by atoms with E-state index >= 15 is 0 Å². The van der Waals surface area contributed by atoms with Gasteiger partial charge in [0, 0.05) is 43.4 Å². The largest absolute Gasteiger partial charge is 0.378 e. The molecule has 0 spiro atoms. The molecule has 0 saturated carbocycles. The van der Waals surface area contributed by atoms with Crippen molar-refractivity contribution >= 4 is 11.6 Å². The summed E-state index contributed by atoms with van der Waals surface area (Å²) in [4.78, 5) is 18.1. The van der Waals surface area contributed by atoms with Crippen molar-refractivity contribution in [2.24, 2.45) is 0 Å². The predicted molar refractivity (Wildman–Crippen MR) is 95.7 cm³/mol. The molecular weight excluding hydrogens is 302 g/mol. The van der Waals surface area contributed by atoms with Crippen LogP contribution in [0.1, 0.15) is 28.9 Å². The normalized spacial score (nSPS) is 17.9. The first-order valence-electron chi connectivity index (χ1n) is 8.27. The van der Waals surface area contributed by atoms with Gasteiger partial charge in [0.15, 0.2) is 0 Å². The van der Waals surface area contributed by atoms with Crippen LogP contribution < -0.4 is 9.80 Å². The highest BCUT2D eigenvalue weighted by molar-refractivity contribution is 5.47. The van der Waals surface area contributed by atoms with Crippen LogP contribution in [0.2, 0.25) is 0 Å². The van der Waals surface area contributed by atoms with Crippen LogP contribution >= 0.6 is 0 Å². The Kier molecular flexibility index (Phi) is 4.66. The minimum atomic E-state index is -0.0678. The maximum Gasteiger partial charge on any atom is 0.225 e. The van der Waals surface area contributed by atoms with Crippen LogP contribution in [0.25, 0.3) is 0 Å². The predicted octanol–water partition coefficient (Wildman–Crippen LogP) is 2.44. The molecule has 128 valence electrons. The third-order valence-corrected chi connectivity index (χ3v) is 4.12. The number of anilines is 2. The molecule has 1 aliphatic rings. The first-order chi connectivity index (χ1) is 11.4. The minimum Gasteiger partial charge on any atom is -0.378 e. The van der Waals surface area contributed by atoms with E-state index in [1.807, 2.05) is 40.9 Å². The summed E-state index contributed by atoms with van der Waals surface area (Å²) in [7, 11) is 4.08. The molecule has 2 aromatic heterocycles. The Bertz CT molecular complexity index is 711. The molecule has 2 aromatic rings. The summed E-state index contributed by atoms with van der Waals surface area (Å²) < 4.78 is 5.99. The van der Waals surface area contributed by atoms with E-state index in [-0.39, 0.29) is 6.10 Å². The topological polar surface area (TPSA) is 54.4 Å². The Morgan fingerprint density at radius 1 is 1.00 bits per heavy atom. The molecule has 0 bridgehead atoms. The van der Waals surface area contributed by atoms with E-state index < -0.39 is 0 Å². The molecule has 1 unspecified atom stereocenters. The van der Waals surface area contributed by atoms with E-state index in [2.05, 4.69) is 36.9 Å². The summed E-state index contributed by atoms with van der Waals surface area (Å²) >= 11 is 0. The summed E-state index contributed by atoms with van der Waals surface area (Å²) in [5.41, 5.74) is 5.08. The SMILES string of the molecule is Cc1cc(N(C)C)cc(C2CN(c3nc(C)cc(C)n3)CCO2)n1. The van der Waals surface area contributed by atoms with Gasteiger partial charge >= 0.3 is 0 Å². The number of aromatic nitrogens is 3. The average Bonchev–Trinajstić information content (AvgIpc) is 2.53. The zero-order valence-electron chi connectivity index (χ0n) is 15.1. The summed E-state index contributed by atoms with van der Waals surface area (Å²) in [6.45, 7) is 8.18. The number of hydrogen-bond donors (Lipinski definition) is 0. The molecule has 6 nitrogen and oxygen atoms in total. The monoisotopic (exact) mass is 327 g/mol. The molecule has 1 fully saturated rings. The molecular formula is C18H25N5O. The first kappa shape index (κ1) is 16.6. The van der Waals surface area contributed by atoms with Crippen molar-refractivity contribution in [2.45, 2.75) is 26.9 Å². The molecule has 1 atom stereocenters. The summed E-state index contributed by atoms with van der Waals surface area (Å²) in [5, 5.41) is 0. The number of morpholine rings is 1. The van der Waals surface area contributed by atoms with Gasteiger partial charge in [-0.05, 0) is 39.0 Å². The van der Waals surface area contributed by atoms with Gasteiger partial charge in [-0.1, -0.05) is 0 Å². The molecule has 0 amide bonds. The van der Waals surface area contributed by atoms with Crippen molar-refractivity contribution < 1.29 is 4.74 Å². The average molecular weight is 327 g/mol. The number of aryl methyl sites for hydroxylation is 3. The number of pyridine rings is 1. The molecule has 6 heteroatoms. The number of hydrogen-bond acceptors (Lipinski definition) is 6. The van der Waals surface area contributed by atoms with E-state index in [4.69, 9.17) is 4.74 Å². The highest BCUT2D eigenvalue weighted by atomic mass is 16.5. The fourth-order valence-corrected chi connectivity index (χ4v) is 2.96. The van der Waals surface area contributed by atoms with Gasteiger partial charge in [0.1, 0.15) is 6.10 Å². The van der Waals surface area contributed by atoms with Crippen LogP contribution in [-0.2, 0) is 4.74 Å². The van der Waals surface area contributed by atoms with Crippen molar-refractivity contribution in [2.75, 3.05) is 43.6 Å². The lowest BCUT2D eigenvalue weighted by molar-refractivity contribution is 0.0364. The lowest BCUT2D eigenvalue weighted by Gasteiger charge is -2.33. The van der Waals surface area contributed by atoms with Crippen LogP contribution in [0.3, 0.4) is 0 Å².